The third kappa shape index (κ3) is 4.40. The van der Waals surface area contributed by atoms with Crippen molar-refractivity contribution in [3.8, 4) is 0 Å². The second-order valence-corrected chi connectivity index (χ2v) is 9.46. The molecule has 0 aliphatic carbocycles. The lowest BCUT2D eigenvalue weighted by Gasteiger charge is -2.29. The molecule has 0 bridgehead atoms. The topological polar surface area (TPSA) is 53.5 Å². The molecule has 1 saturated heterocycles. The summed E-state index contributed by atoms with van der Waals surface area (Å²) in [7, 11) is -3.48. The van der Waals surface area contributed by atoms with E-state index in [1.54, 1.807) is 4.31 Å². The standard InChI is InChI=1S/C21H28ClN3O2S/c1-4-24(5-2)28(26,27)25-12-8-11-21(25)20-15-17(13-16(3)23-20)14-18-9-6-7-10-19(18)22/h6-7,9-10,13,15,21H,4-5,8,11-12,14H2,1-3H3/t21-/m0/s1. The van der Waals surface area contributed by atoms with Crippen molar-refractivity contribution in [1.82, 2.24) is 13.6 Å². The number of hydrogen-bond donors (Lipinski definition) is 0. The summed E-state index contributed by atoms with van der Waals surface area (Å²) in [6.45, 7) is 7.19. The normalized spacial score (nSPS) is 18.1. The van der Waals surface area contributed by atoms with E-state index in [-0.39, 0.29) is 6.04 Å². The van der Waals surface area contributed by atoms with E-state index in [0.717, 1.165) is 40.4 Å². The molecule has 0 unspecified atom stereocenters. The summed E-state index contributed by atoms with van der Waals surface area (Å²) in [5.41, 5.74) is 3.88. The van der Waals surface area contributed by atoms with Gasteiger partial charge in [0.2, 0.25) is 0 Å². The smallest absolute Gasteiger partial charge is 0.256 e. The van der Waals surface area contributed by atoms with Gasteiger partial charge in [0.15, 0.2) is 0 Å². The van der Waals surface area contributed by atoms with Gasteiger partial charge in [0.25, 0.3) is 10.2 Å². The maximum absolute atomic E-state index is 13.1. The Labute approximate surface area is 173 Å². The average molecular weight is 422 g/mol. The van der Waals surface area contributed by atoms with Crippen LogP contribution in [-0.2, 0) is 16.6 Å². The fourth-order valence-electron chi connectivity index (χ4n) is 3.91. The molecule has 1 aromatic heterocycles. The van der Waals surface area contributed by atoms with Crippen molar-refractivity contribution in [2.24, 2.45) is 0 Å². The van der Waals surface area contributed by atoms with Crippen molar-refractivity contribution in [3.05, 3.63) is 63.9 Å². The molecular formula is C21H28ClN3O2S. The van der Waals surface area contributed by atoms with Crippen LogP contribution in [0.3, 0.4) is 0 Å². The molecule has 2 aromatic rings. The molecule has 0 N–H and O–H groups in total. The zero-order chi connectivity index (χ0) is 20.3. The largest absolute Gasteiger partial charge is 0.282 e. The van der Waals surface area contributed by atoms with Gasteiger partial charge in [-0.2, -0.15) is 17.0 Å². The highest BCUT2D eigenvalue weighted by atomic mass is 35.5. The Morgan fingerprint density at radius 1 is 1.21 bits per heavy atom. The molecule has 7 heteroatoms. The molecule has 152 valence electrons. The minimum atomic E-state index is -3.48. The number of rotatable bonds is 7. The number of aryl methyl sites for hydroxylation is 1. The van der Waals surface area contributed by atoms with Gasteiger partial charge in [0, 0.05) is 30.4 Å². The molecule has 0 spiro atoms. The van der Waals surface area contributed by atoms with Crippen LogP contribution in [-0.4, -0.2) is 41.6 Å². The number of pyridine rings is 1. The maximum atomic E-state index is 13.1. The molecule has 1 fully saturated rings. The molecule has 0 saturated carbocycles. The Morgan fingerprint density at radius 2 is 1.93 bits per heavy atom. The number of benzene rings is 1. The lowest BCUT2D eigenvalue weighted by molar-refractivity contribution is 0.334. The van der Waals surface area contributed by atoms with Crippen molar-refractivity contribution >= 4 is 21.8 Å². The molecule has 2 heterocycles. The number of halogens is 1. The summed E-state index contributed by atoms with van der Waals surface area (Å²) in [6.07, 6.45) is 2.34. The monoisotopic (exact) mass is 421 g/mol. The summed E-state index contributed by atoms with van der Waals surface area (Å²) in [5, 5.41) is 0.741. The Bertz CT molecular complexity index is 929. The Kier molecular flexibility index (Phi) is 6.76. The van der Waals surface area contributed by atoms with E-state index >= 15 is 0 Å². The minimum Gasteiger partial charge on any atom is -0.256 e. The quantitative estimate of drug-likeness (QED) is 0.667. The molecule has 3 rings (SSSR count). The molecular weight excluding hydrogens is 394 g/mol. The van der Waals surface area contributed by atoms with E-state index in [1.165, 1.54) is 4.31 Å². The van der Waals surface area contributed by atoms with E-state index in [9.17, 15) is 8.42 Å². The van der Waals surface area contributed by atoms with Crippen LogP contribution in [0.25, 0.3) is 0 Å². The maximum Gasteiger partial charge on any atom is 0.282 e. The van der Waals surface area contributed by atoms with E-state index in [1.807, 2.05) is 57.2 Å². The van der Waals surface area contributed by atoms with E-state index in [4.69, 9.17) is 16.6 Å². The molecule has 1 atom stereocenters. The third-order valence-corrected chi connectivity index (χ3v) is 7.83. The van der Waals surface area contributed by atoms with Crippen LogP contribution in [0.15, 0.2) is 36.4 Å². The van der Waals surface area contributed by atoms with Crippen LogP contribution in [0, 0.1) is 6.92 Å². The van der Waals surface area contributed by atoms with Crippen molar-refractivity contribution in [3.63, 3.8) is 0 Å². The number of hydrogen-bond acceptors (Lipinski definition) is 3. The SMILES string of the molecule is CCN(CC)S(=O)(=O)N1CCC[C@H]1c1cc(Cc2ccccc2Cl)cc(C)n1. The predicted octanol–water partition coefficient (Wildman–Crippen LogP) is 4.36. The highest BCUT2D eigenvalue weighted by Crippen LogP contribution is 2.35. The zero-order valence-electron chi connectivity index (χ0n) is 16.7. The molecule has 0 radical (unpaired) electrons. The summed E-state index contributed by atoms with van der Waals surface area (Å²) in [5.74, 6) is 0. The number of aromatic nitrogens is 1. The van der Waals surface area contributed by atoms with Crippen LogP contribution in [0.5, 0.6) is 0 Å². The summed E-state index contributed by atoms with van der Waals surface area (Å²) < 4.78 is 29.3. The van der Waals surface area contributed by atoms with Crippen molar-refractivity contribution < 1.29 is 8.42 Å². The van der Waals surface area contributed by atoms with Gasteiger partial charge in [-0.25, -0.2) is 0 Å². The fraction of sp³-hybridized carbons (Fsp3) is 0.476. The van der Waals surface area contributed by atoms with E-state index in [0.29, 0.717) is 26.1 Å². The van der Waals surface area contributed by atoms with Crippen LogP contribution in [0.1, 0.15) is 55.2 Å². The van der Waals surface area contributed by atoms with Crippen LogP contribution in [0.4, 0.5) is 0 Å². The van der Waals surface area contributed by atoms with E-state index in [2.05, 4.69) is 0 Å². The van der Waals surface area contributed by atoms with Crippen molar-refractivity contribution in [2.45, 2.75) is 46.1 Å². The third-order valence-electron chi connectivity index (χ3n) is 5.26. The van der Waals surface area contributed by atoms with Crippen molar-refractivity contribution in [1.29, 1.82) is 0 Å². The molecule has 28 heavy (non-hydrogen) atoms. The van der Waals surface area contributed by atoms with Gasteiger partial charge in [-0.15, -0.1) is 0 Å². The summed E-state index contributed by atoms with van der Waals surface area (Å²) >= 11 is 6.32. The second-order valence-electron chi connectivity index (χ2n) is 7.17. The van der Waals surface area contributed by atoms with Gasteiger partial charge < -0.3 is 0 Å². The van der Waals surface area contributed by atoms with Gasteiger partial charge in [-0.3, -0.25) is 4.98 Å². The number of nitrogens with zero attached hydrogens (tertiary/aromatic N) is 3. The highest BCUT2D eigenvalue weighted by molar-refractivity contribution is 7.86. The highest BCUT2D eigenvalue weighted by Gasteiger charge is 2.38. The first kappa shape index (κ1) is 21.2. The van der Waals surface area contributed by atoms with Crippen LogP contribution < -0.4 is 0 Å². The molecule has 1 aliphatic heterocycles. The lowest BCUT2D eigenvalue weighted by Crippen LogP contribution is -2.43. The Hall–Kier alpha value is -1.47. The second kappa shape index (κ2) is 8.91. The molecule has 0 amide bonds. The lowest BCUT2D eigenvalue weighted by atomic mass is 10.0. The first-order valence-electron chi connectivity index (χ1n) is 9.84. The average Bonchev–Trinajstić information content (AvgIpc) is 3.15. The van der Waals surface area contributed by atoms with Gasteiger partial charge >= 0.3 is 0 Å². The van der Waals surface area contributed by atoms with Gasteiger partial charge in [-0.1, -0.05) is 43.6 Å². The fourth-order valence-corrected chi connectivity index (χ4v) is 5.96. The first-order chi connectivity index (χ1) is 13.4. The minimum absolute atomic E-state index is 0.213. The first-order valence-corrected chi connectivity index (χ1v) is 11.6. The van der Waals surface area contributed by atoms with Gasteiger partial charge in [-0.05, 0) is 55.5 Å². The Balaban J connectivity index is 1.92. The van der Waals surface area contributed by atoms with E-state index < -0.39 is 10.2 Å². The van der Waals surface area contributed by atoms with Gasteiger partial charge in [0.1, 0.15) is 0 Å². The Morgan fingerprint density at radius 3 is 2.61 bits per heavy atom. The van der Waals surface area contributed by atoms with Crippen molar-refractivity contribution in [2.75, 3.05) is 19.6 Å². The molecule has 1 aliphatic rings. The molecule has 5 nitrogen and oxygen atoms in total. The van der Waals surface area contributed by atoms with Crippen LogP contribution >= 0.6 is 11.6 Å². The molecule has 1 aromatic carbocycles. The zero-order valence-corrected chi connectivity index (χ0v) is 18.3. The predicted molar refractivity (Wildman–Crippen MR) is 114 cm³/mol. The summed E-state index contributed by atoms with van der Waals surface area (Å²) in [4.78, 5) is 4.70. The van der Waals surface area contributed by atoms with Crippen LogP contribution in [0.2, 0.25) is 5.02 Å². The summed E-state index contributed by atoms with van der Waals surface area (Å²) in [6, 6.07) is 11.7. The van der Waals surface area contributed by atoms with Gasteiger partial charge in [0.05, 0.1) is 11.7 Å².